The van der Waals surface area contributed by atoms with Crippen LogP contribution in [0.5, 0.6) is 0 Å². The van der Waals surface area contributed by atoms with Gasteiger partial charge in [-0.25, -0.2) is 4.79 Å². The second kappa shape index (κ2) is 7.57. The topological polar surface area (TPSA) is 108 Å². The highest BCUT2D eigenvalue weighted by molar-refractivity contribution is 5.86. The molecule has 0 radical (unpaired) electrons. The highest BCUT2D eigenvalue weighted by atomic mass is 16.5. The quantitative estimate of drug-likeness (QED) is 0.609. The number of urea groups is 1. The Bertz CT molecular complexity index is 347. The molecule has 8 nitrogen and oxygen atoms in total. The van der Waals surface area contributed by atoms with Gasteiger partial charge in [-0.15, -0.1) is 0 Å². The van der Waals surface area contributed by atoms with Crippen LogP contribution in [0, 0.1) is 0 Å². The molecule has 1 fully saturated rings. The molecule has 0 aromatic rings. The van der Waals surface area contributed by atoms with Gasteiger partial charge in [0.25, 0.3) is 0 Å². The standard InChI is InChI=1S/C11H19N3O5/c1-8-7-14(3-2-4-19-8)11(18)13-5-9(15)12-6-10(16)17/h8H,2-7H2,1H3,(H,12,15)(H,13,18)(H,16,17). The molecular weight excluding hydrogens is 254 g/mol. The van der Waals surface area contributed by atoms with Gasteiger partial charge in [-0.2, -0.15) is 0 Å². The van der Waals surface area contributed by atoms with Gasteiger partial charge in [0.1, 0.15) is 6.54 Å². The van der Waals surface area contributed by atoms with Crippen molar-refractivity contribution in [2.45, 2.75) is 19.4 Å². The Morgan fingerprint density at radius 3 is 2.74 bits per heavy atom. The molecule has 0 aromatic carbocycles. The van der Waals surface area contributed by atoms with E-state index in [2.05, 4.69) is 10.6 Å². The third kappa shape index (κ3) is 6.05. The number of hydrogen-bond acceptors (Lipinski definition) is 4. The fourth-order valence-electron chi connectivity index (χ4n) is 1.68. The number of hydrogen-bond donors (Lipinski definition) is 3. The molecule has 1 heterocycles. The monoisotopic (exact) mass is 273 g/mol. The van der Waals surface area contributed by atoms with Crippen molar-refractivity contribution in [3.05, 3.63) is 0 Å². The van der Waals surface area contributed by atoms with E-state index in [-0.39, 0.29) is 18.7 Å². The van der Waals surface area contributed by atoms with Gasteiger partial charge in [0, 0.05) is 19.7 Å². The molecule has 0 spiro atoms. The van der Waals surface area contributed by atoms with E-state index in [4.69, 9.17) is 9.84 Å². The Balaban J connectivity index is 2.29. The highest BCUT2D eigenvalue weighted by Gasteiger charge is 2.20. The van der Waals surface area contributed by atoms with Gasteiger partial charge in [-0.1, -0.05) is 0 Å². The molecular formula is C11H19N3O5. The van der Waals surface area contributed by atoms with Crippen molar-refractivity contribution in [2.24, 2.45) is 0 Å². The molecule has 1 unspecified atom stereocenters. The summed E-state index contributed by atoms with van der Waals surface area (Å²) < 4.78 is 5.41. The van der Waals surface area contributed by atoms with Crippen LogP contribution in [0.25, 0.3) is 0 Å². The molecule has 0 saturated carbocycles. The summed E-state index contributed by atoms with van der Waals surface area (Å²) in [6.45, 7) is 2.85. The van der Waals surface area contributed by atoms with Crippen LogP contribution in [0.15, 0.2) is 0 Å². The van der Waals surface area contributed by atoms with Crippen molar-refractivity contribution in [3.8, 4) is 0 Å². The van der Waals surface area contributed by atoms with Gasteiger partial charge in [0.15, 0.2) is 0 Å². The molecule has 1 aliphatic rings. The second-order valence-electron chi connectivity index (χ2n) is 4.31. The summed E-state index contributed by atoms with van der Waals surface area (Å²) in [4.78, 5) is 34.9. The molecule has 0 bridgehead atoms. The minimum absolute atomic E-state index is 0.0333. The van der Waals surface area contributed by atoms with Crippen LogP contribution in [-0.4, -0.2) is 66.8 Å². The first-order valence-corrected chi connectivity index (χ1v) is 6.12. The lowest BCUT2D eigenvalue weighted by Crippen LogP contribution is -2.46. The molecule has 1 atom stereocenters. The first-order valence-electron chi connectivity index (χ1n) is 6.12. The fraction of sp³-hybridized carbons (Fsp3) is 0.727. The van der Waals surface area contributed by atoms with Crippen LogP contribution < -0.4 is 10.6 Å². The summed E-state index contributed by atoms with van der Waals surface area (Å²) in [5.41, 5.74) is 0. The summed E-state index contributed by atoms with van der Waals surface area (Å²) in [6, 6.07) is -0.345. The SMILES string of the molecule is CC1CN(C(=O)NCC(=O)NCC(=O)O)CCCO1. The van der Waals surface area contributed by atoms with Crippen molar-refractivity contribution in [1.82, 2.24) is 15.5 Å². The summed E-state index contributed by atoms with van der Waals surface area (Å²) in [7, 11) is 0. The maximum Gasteiger partial charge on any atom is 0.322 e. The number of aliphatic carboxylic acids is 1. The Hall–Kier alpha value is -1.83. The summed E-state index contributed by atoms with van der Waals surface area (Å²) >= 11 is 0. The summed E-state index contributed by atoms with van der Waals surface area (Å²) in [5, 5.41) is 13.0. The Kier molecular flexibility index (Phi) is 6.07. The average molecular weight is 273 g/mol. The number of carbonyl (C=O) groups is 3. The molecule has 3 amide bonds. The lowest BCUT2D eigenvalue weighted by atomic mass is 10.3. The molecule has 19 heavy (non-hydrogen) atoms. The first-order chi connectivity index (χ1) is 8.99. The van der Waals surface area contributed by atoms with Crippen LogP contribution in [0.3, 0.4) is 0 Å². The van der Waals surface area contributed by atoms with Crippen molar-refractivity contribution in [1.29, 1.82) is 0 Å². The second-order valence-corrected chi connectivity index (χ2v) is 4.31. The Labute approximate surface area is 111 Å². The molecule has 1 rings (SSSR count). The number of carboxylic acid groups (broad SMARTS) is 1. The van der Waals surface area contributed by atoms with Gasteiger partial charge in [0.05, 0.1) is 12.6 Å². The maximum atomic E-state index is 11.8. The number of carbonyl (C=O) groups excluding carboxylic acids is 2. The zero-order valence-electron chi connectivity index (χ0n) is 10.8. The third-order valence-corrected chi connectivity index (χ3v) is 2.58. The van der Waals surface area contributed by atoms with E-state index in [1.54, 1.807) is 4.90 Å². The summed E-state index contributed by atoms with van der Waals surface area (Å²) in [5.74, 6) is -1.66. The van der Waals surface area contributed by atoms with Crippen molar-refractivity contribution in [3.63, 3.8) is 0 Å². The minimum Gasteiger partial charge on any atom is -0.480 e. The number of nitrogens with one attached hydrogen (secondary N) is 2. The molecule has 108 valence electrons. The van der Waals surface area contributed by atoms with Crippen LogP contribution in [0.4, 0.5) is 4.79 Å². The Morgan fingerprint density at radius 2 is 2.05 bits per heavy atom. The van der Waals surface area contributed by atoms with Crippen LogP contribution in [-0.2, 0) is 14.3 Å². The molecule has 1 saturated heterocycles. The van der Waals surface area contributed by atoms with Crippen molar-refractivity contribution >= 4 is 17.9 Å². The van der Waals surface area contributed by atoms with E-state index >= 15 is 0 Å². The average Bonchev–Trinajstić information content (AvgIpc) is 2.58. The van der Waals surface area contributed by atoms with Gasteiger partial charge in [0.2, 0.25) is 5.91 Å². The molecule has 0 aromatic heterocycles. The molecule has 8 heteroatoms. The smallest absolute Gasteiger partial charge is 0.322 e. The number of ether oxygens (including phenoxy) is 1. The zero-order chi connectivity index (χ0) is 14.3. The minimum atomic E-state index is -1.13. The van der Waals surface area contributed by atoms with E-state index in [1.807, 2.05) is 6.92 Å². The van der Waals surface area contributed by atoms with Gasteiger partial charge in [-0.05, 0) is 13.3 Å². The Morgan fingerprint density at radius 1 is 1.32 bits per heavy atom. The van der Waals surface area contributed by atoms with E-state index in [1.165, 1.54) is 0 Å². The number of rotatable bonds is 4. The predicted molar refractivity (Wildman–Crippen MR) is 65.6 cm³/mol. The zero-order valence-corrected chi connectivity index (χ0v) is 10.8. The first kappa shape index (κ1) is 15.2. The van der Waals surface area contributed by atoms with Gasteiger partial charge in [-0.3, -0.25) is 9.59 Å². The van der Waals surface area contributed by atoms with Crippen molar-refractivity contribution < 1.29 is 24.2 Å². The fourth-order valence-corrected chi connectivity index (χ4v) is 1.68. The third-order valence-electron chi connectivity index (χ3n) is 2.58. The van der Waals surface area contributed by atoms with Crippen LogP contribution in [0.2, 0.25) is 0 Å². The summed E-state index contributed by atoms with van der Waals surface area (Å²) in [6.07, 6.45) is 0.720. The normalized spacial score (nSPS) is 19.4. The number of amides is 3. The van der Waals surface area contributed by atoms with Crippen LogP contribution in [0.1, 0.15) is 13.3 Å². The molecule has 0 aliphatic carbocycles. The highest BCUT2D eigenvalue weighted by Crippen LogP contribution is 2.05. The van der Waals surface area contributed by atoms with E-state index < -0.39 is 18.4 Å². The van der Waals surface area contributed by atoms with Gasteiger partial charge < -0.3 is 25.4 Å². The lowest BCUT2D eigenvalue weighted by molar-refractivity contribution is -0.137. The van der Waals surface area contributed by atoms with E-state index in [9.17, 15) is 14.4 Å². The van der Waals surface area contributed by atoms with Crippen LogP contribution >= 0.6 is 0 Å². The predicted octanol–water partition coefficient (Wildman–Crippen LogP) is -0.992. The van der Waals surface area contributed by atoms with Gasteiger partial charge >= 0.3 is 12.0 Å². The maximum absolute atomic E-state index is 11.8. The molecule has 3 N–H and O–H groups in total. The lowest BCUT2D eigenvalue weighted by Gasteiger charge is -2.22. The molecule has 1 aliphatic heterocycles. The number of carboxylic acids is 1. The largest absolute Gasteiger partial charge is 0.480 e. The number of nitrogens with zero attached hydrogens (tertiary/aromatic N) is 1. The van der Waals surface area contributed by atoms with Crippen molar-refractivity contribution in [2.75, 3.05) is 32.8 Å². The van der Waals surface area contributed by atoms with E-state index in [0.29, 0.717) is 19.7 Å². The van der Waals surface area contributed by atoms with E-state index in [0.717, 1.165) is 6.42 Å².